The van der Waals surface area contributed by atoms with Crippen molar-refractivity contribution in [2.75, 3.05) is 17.2 Å². The standard InChI is InChI=1S/C20H20FN3O3/c1-13(25)14-8-10-15(11-9-14)22-19(26)18-7-4-12-24(18)20(27)23-17-6-3-2-5-16(17)21/h2-3,5-6,8-11,18H,4,7,12H2,1H3,(H,22,26)(H,23,27). The number of hydrogen-bond donors (Lipinski definition) is 2. The van der Waals surface area contributed by atoms with Crippen LogP contribution >= 0.6 is 0 Å². The lowest BCUT2D eigenvalue weighted by molar-refractivity contribution is -0.119. The molecule has 3 rings (SSSR count). The molecule has 0 aliphatic carbocycles. The number of rotatable bonds is 4. The van der Waals surface area contributed by atoms with E-state index in [1.807, 2.05) is 0 Å². The molecular formula is C20H20FN3O3. The first-order valence-electron chi connectivity index (χ1n) is 8.70. The van der Waals surface area contributed by atoms with Gasteiger partial charge in [0, 0.05) is 17.8 Å². The van der Waals surface area contributed by atoms with Gasteiger partial charge in [-0.25, -0.2) is 9.18 Å². The van der Waals surface area contributed by atoms with Crippen molar-refractivity contribution in [2.45, 2.75) is 25.8 Å². The van der Waals surface area contributed by atoms with Gasteiger partial charge in [-0.3, -0.25) is 9.59 Å². The second-order valence-electron chi connectivity index (χ2n) is 6.38. The predicted octanol–water partition coefficient (Wildman–Crippen LogP) is 3.66. The zero-order valence-corrected chi connectivity index (χ0v) is 14.9. The molecule has 6 nitrogen and oxygen atoms in total. The molecule has 0 aromatic heterocycles. The molecule has 0 spiro atoms. The molecule has 140 valence electrons. The molecule has 2 N–H and O–H groups in total. The van der Waals surface area contributed by atoms with Crippen LogP contribution in [-0.2, 0) is 4.79 Å². The number of ketones is 1. The number of hydrogen-bond acceptors (Lipinski definition) is 3. The van der Waals surface area contributed by atoms with Gasteiger partial charge in [-0.05, 0) is 56.2 Å². The van der Waals surface area contributed by atoms with Gasteiger partial charge in [0.1, 0.15) is 11.9 Å². The SMILES string of the molecule is CC(=O)c1ccc(NC(=O)C2CCCN2C(=O)Nc2ccccc2F)cc1. The van der Waals surface area contributed by atoms with Crippen LogP contribution in [0, 0.1) is 5.82 Å². The van der Waals surface area contributed by atoms with E-state index >= 15 is 0 Å². The molecule has 27 heavy (non-hydrogen) atoms. The molecule has 0 saturated carbocycles. The molecule has 1 atom stereocenters. The van der Waals surface area contributed by atoms with Crippen LogP contribution in [0.4, 0.5) is 20.6 Å². The zero-order valence-electron chi connectivity index (χ0n) is 14.9. The Morgan fingerprint density at radius 2 is 1.74 bits per heavy atom. The van der Waals surface area contributed by atoms with E-state index in [4.69, 9.17) is 0 Å². The topological polar surface area (TPSA) is 78.5 Å². The Labute approximate surface area is 156 Å². The monoisotopic (exact) mass is 369 g/mol. The van der Waals surface area contributed by atoms with Crippen LogP contribution in [0.15, 0.2) is 48.5 Å². The number of nitrogens with one attached hydrogen (secondary N) is 2. The number of halogens is 1. The fraction of sp³-hybridized carbons (Fsp3) is 0.250. The summed E-state index contributed by atoms with van der Waals surface area (Å²) in [5.74, 6) is -0.900. The molecule has 1 heterocycles. The molecule has 2 aromatic rings. The minimum absolute atomic E-state index is 0.0559. The first-order chi connectivity index (χ1) is 13.0. The highest BCUT2D eigenvalue weighted by atomic mass is 19.1. The van der Waals surface area contributed by atoms with Crippen LogP contribution in [-0.4, -0.2) is 35.2 Å². The second-order valence-corrected chi connectivity index (χ2v) is 6.38. The highest BCUT2D eigenvalue weighted by Gasteiger charge is 2.34. The van der Waals surface area contributed by atoms with Crippen molar-refractivity contribution in [1.29, 1.82) is 0 Å². The molecule has 1 unspecified atom stereocenters. The third-order valence-corrected chi connectivity index (χ3v) is 4.49. The first kappa shape index (κ1) is 18.6. The summed E-state index contributed by atoms with van der Waals surface area (Å²) in [6.07, 6.45) is 1.22. The van der Waals surface area contributed by atoms with Crippen molar-refractivity contribution in [1.82, 2.24) is 4.90 Å². The van der Waals surface area contributed by atoms with Gasteiger partial charge in [0.25, 0.3) is 0 Å². The van der Waals surface area contributed by atoms with Crippen LogP contribution in [0.3, 0.4) is 0 Å². The number of carbonyl (C=O) groups is 3. The van der Waals surface area contributed by atoms with Crippen molar-refractivity contribution in [2.24, 2.45) is 0 Å². The summed E-state index contributed by atoms with van der Waals surface area (Å²) in [5, 5.41) is 5.28. The van der Waals surface area contributed by atoms with Crippen molar-refractivity contribution in [3.05, 3.63) is 59.9 Å². The number of para-hydroxylation sites is 1. The van der Waals surface area contributed by atoms with Crippen LogP contribution < -0.4 is 10.6 Å². The number of Topliss-reactive ketones (excluding diaryl/α,β-unsaturated/α-hetero) is 1. The maximum absolute atomic E-state index is 13.7. The summed E-state index contributed by atoms with van der Waals surface area (Å²) in [6.45, 7) is 1.89. The lowest BCUT2D eigenvalue weighted by Crippen LogP contribution is -2.45. The third-order valence-electron chi connectivity index (χ3n) is 4.49. The molecule has 0 radical (unpaired) electrons. The van der Waals surface area contributed by atoms with Crippen molar-refractivity contribution in [3.8, 4) is 0 Å². The van der Waals surface area contributed by atoms with Crippen molar-refractivity contribution < 1.29 is 18.8 Å². The number of anilines is 2. The lowest BCUT2D eigenvalue weighted by Gasteiger charge is -2.24. The molecule has 1 saturated heterocycles. The first-order valence-corrected chi connectivity index (χ1v) is 8.70. The van der Waals surface area contributed by atoms with E-state index in [1.165, 1.54) is 30.0 Å². The number of benzene rings is 2. The maximum Gasteiger partial charge on any atom is 0.322 e. The maximum atomic E-state index is 13.7. The van der Waals surface area contributed by atoms with E-state index in [1.54, 1.807) is 30.3 Å². The molecule has 2 aromatic carbocycles. The smallest absolute Gasteiger partial charge is 0.322 e. The van der Waals surface area contributed by atoms with Crippen LogP contribution in [0.1, 0.15) is 30.1 Å². The second kappa shape index (κ2) is 7.99. The molecular weight excluding hydrogens is 349 g/mol. The van der Waals surface area contributed by atoms with Gasteiger partial charge in [0.05, 0.1) is 5.69 Å². The van der Waals surface area contributed by atoms with E-state index in [9.17, 15) is 18.8 Å². The average molecular weight is 369 g/mol. The molecule has 1 fully saturated rings. The van der Waals surface area contributed by atoms with E-state index in [2.05, 4.69) is 10.6 Å². The Hall–Kier alpha value is -3.22. The highest BCUT2D eigenvalue weighted by Crippen LogP contribution is 2.22. The summed E-state index contributed by atoms with van der Waals surface area (Å²) in [7, 11) is 0. The van der Waals surface area contributed by atoms with Gasteiger partial charge in [0.2, 0.25) is 5.91 Å². The van der Waals surface area contributed by atoms with Crippen LogP contribution in [0.2, 0.25) is 0 Å². The van der Waals surface area contributed by atoms with Gasteiger partial charge in [-0.15, -0.1) is 0 Å². The average Bonchev–Trinajstić information content (AvgIpc) is 3.14. The van der Waals surface area contributed by atoms with Crippen LogP contribution in [0.5, 0.6) is 0 Å². The number of urea groups is 1. The Morgan fingerprint density at radius 3 is 2.41 bits per heavy atom. The fourth-order valence-corrected chi connectivity index (χ4v) is 3.05. The van der Waals surface area contributed by atoms with Gasteiger partial charge >= 0.3 is 6.03 Å². The molecule has 0 bridgehead atoms. The van der Waals surface area contributed by atoms with E-state index in [-0.39, 0.29) is 17.4 Å². The Kier molecular flexibility index (Phi) is 5.49. The summed E-state index contributed by atoms with van der Waals surface area (Å²) < 4.78 is 13.7. The van der Waals surface area contributed by atoms with E-state index in [0.29, 0.717) is 30.6 Å². The largest absolute Gasteiger partial charge is 0.324 e. The molecule has 7 heteroatoms. The quantitative estimate of drug-likeness (QED) is 0.807. The summed E-state index contributed by atoms with van der Waals surface area (Å²) in [5.41, 5.74) is 1.18. The number of nitrogens with zero attached hydrogens (tertiary/aromatic N) is 1. The van der Waals surface area contributed by atoms with E-state index < -0.39 is 17.9 Å². The number of amides is 3. The minimum atomic E-state index is -0.635. The van der Waals surface area contributed by atoms with Gasteiger partial charge < -0.3 is 15.5 Å². The van der Waals surface area contributed by atoms with Crippen molar-refractivity contribution >= 4 is 29.1 Å². The molecule has 1 aliphatic heterocycles. The summed E-state index contributed by atoms with van der Waals surface area (Å²) in [4.78, 5) is 37.8. The predicted molar refractivity (Wildman–Crippen MR) is 100 cm³/mol. The van der Waals surface area contributed by atoms with Gasteiger partial charge in [-0.1, -0.05) is 12.1 Å². The fourth-order valence-electron chi connectivity index (χ4n) is 3.05. The Balaban J connectivity index is 1.66. The van der Waals surface area contributed by atoms with Gasteiger partial charge in [0.15, 0.2) is 5.78 Å². The number of likely N-dealkylation sites (tertiary alicyclic amines) is 1. The molecule has 1 aliphatic rings. The Morgan fingerprint density at radius 1 is 1.04 bits per heavy atom. The highest BCUT2D eigenvalue weighted by molar-refractivity contribution is 6.00. The van der Waals surface area contributed by atoms with Crippen molar-refractivity contribution in [3.63, 3.8) is 0 Å². The normalized spacial score (nSPS) is 16.1. The van der Waals surface area contributed by atoms with Gasteiger partial charge in [-0.2, -0.15) is 0 Å². The zero-order chi connectivity index (χ0) is 19.4. The molecule has 3 amide bonds. The van der Waals surface area contributed by atoms with E-state index in [0.717, 1.165) is 0 Å². The summed E-state index contributed by atoms with van der Waals surface area (Å²) >= 11 is 0. The lowest BCUT2D eigenvalue weighted by atomic mass is 10.1. The number of carbonyl (C=O) groups excluding carboxylic acids is 3. The Bertz CT molecular complexity index is 867. The third kappa shape index (κ3) is 4.31. The minimum Gasteiger partial charge on any atom is -0.324 e. The summed E-state index contributed by atoms with van der Waals surface area (Å²) in [6, 6.07) is 11.3. The van der Waals surface area contributed by atoms with Crippen LogP contribution in [0.25, 0.3) is 0 Å².